The van der Waals surface area contributed by atoms with Crippen LogP contribution >= 0.6 is 31.9 Å². The normalized spacial score (nSPS) is 11.1. The Kier molecular flexibility index (Phi) is 11.2. The molecule has 0 fully saturated rings. The van der Waals surface area contributed by atoms with Crippen LogP contribution in [-0.4, -0.2) is 51.9 Å². The fourth-order valence-corrected chi connectivity index (χ4v) is 6.57. The van der Waals surface area contributed by atoms with E-state index in [-0.39, 0.29) is 18.3 Å². The van der Waals surface area contributed by atoms with Crippen LogP contribution in [0.2, 0.25) is 0 Å². The number of H-pyrrole nitrogens is 2. The van der Waals surface area contributed by atoms with E-state index in [4.69, 9.17) is 25.4 Å². The number of aromatic nitrogens is 2. The highest BCUT2D eigenvalue weighted by Crippen LogP contribution is 2.32. The zero-order chi connectivity index (χ0) is 33.5. The molecule has 0 unspecified atom stereocenters. The molecule has 11 heteroatoms. The number of aromatic carboxylic acids is 1. The molecule has 244 valence electrons. The second kappa shape index (κ2) is 15.5. The van der Waals surface area contributed by atoms with Crippen LogP contribution in [0.3, 0.4) is 0 Å². The molecule has 0 radical (unpaired) electrons. The van der Waals surface area contributed by atoms with Gasteiger partial charge in [0.1, 0.15) is 17.1 Å². The van der Waals surface area contributed by atoms with E-state index in [1.165, 1.54) is 0 Å². The minimum absolute atomic E-state index is 0.0553. The number of rotatable bonds is 11. The highest BCUT2D eigenvalue weighted by Gasteiger charge is 2.20. The standard InChI is InChI=1S/C24H23BrN2O3.C12H12BrNO3/c1-2-29-24(28)23-19(18-7-4-9-20(25)22(18)27-23)8-5-13-30-21-10-3-6-15-14-16(26)11-12-17(15)21;13-9-5-1-3-7-8(4-2-6-15)11(12(16)17)14-10(7)9/h3-4,6-7,9-12,14,27H,2,5,8,13,26H2,1H3;1,3,5,14-15H,2,4,6H2,(H,16,17). The molecule has 0 bridgehead atoms. The Hall–Kier alpha value is -4.32. The minimum atomic E-state index is -0.971. The maximum Gasteiger partial charge on any atom is 0.355 e. The molecule has 6 aromatic rings. The first kappa shape index (κ1) is 34.0. The van der Waals surface area contributed by atoms with E-state index in [0.29, 0.717) is 38.2 Å². The second-order valence-electron chi connectivity index (χ2n) is 10.8. The zero-order valence-electron chi connectivity index (χ0n) is 25.7. The Bertz CT molecular complexity index is 2050. The van der Waals surface area contributed by atoms with Gasteiger partial charge in [0.2, 0.25) is 0 Å². The summed E-state index contributed by atoms with van der Waals surface area (Å²) in [4.78, 5) is 29.8. The number of aromatic amines is 2. The first-order valence-electron chi connectivity index (χ1n) is 15.2. The molecule has 0 spiro atoms. The fourth-order valence-electron chi connectivity index (χ4n) is 5.64. The fraction of sp³-hybridized carbons (Fsp3) is 0.222. The van der Waals surface area contributed by atoms with Crippen molar-refractivity contribution in [1.29, 1.82) is 0 Å². The molecule has 6 N–H and O–H groups in total. The van der Waals surface area contributed by atoms with Crippen molar-refractivity contribution >= 4 is 82.1 Å². The van der Waals surface area contributed by atoms with Crippen LogP contribution in [0.4, 0.5) is 5.69 Å². The number of aliphatic hydroxyl groups is 1. The van der Waals surface area contributed by atoms with Gasteiger partial charge in [0, 0.05) is 37.4 Å². The van der Waals surface area contributed by atoms with Gasteiger partial charge in [-0.25, -0.2) is 9.59 Å². The van der Waals surface area contributed by atoms with Gasteiger partial charge in [-0.3, -0.25) is 0 Å². The molecule has 6 rings (SSSR count). The summed E-state index contributed by atoms with van der Waals surface area (Å²) in [5.41, 5.74) is 10.7. The summed E-state index contributed by atoms with van der Waals surface area (Å²) >= 11 is 6.94. The first-order chi connectivity index (χ1) is 22.7. The van der Waals surface area contributed by atoms with Gasteiger partial charge in [-0.05, 0) is 117 Å². The molecule has 0 saturated carbocycles. The van der Waals surface area contributed by atoms with Crippen molar-refractivity contribution in [3.63, 3.8) is 0 Å². The number of nitrogens with two attached hydrogens (primary N) is 1. The molecule has 0 saturated heterocycles. The second-order valence-corrected chi connectivity index (χ2v) is 12.5. The van der Waals surface area contributed by atoms with E-state index < -0.39 is 5.97 Å². The average Bonchev–Trinajstić information content (AvgIpc) is 3.63. The van der Waals surface area contributed by atoms with E-state index in [1.54, 1.807) is 0 Å². The lowest BCUT2D eigenvalue weighted by molar-refractivity contribution is 0.0518. The number of carboxylic acid groups (broad SMARTS) is 1. The highest BCUT2D eigenvalue weighted by molar-refractivity contribution is 9.11. The number of nitrogen functional groups attached to an aromatic ring is 1. The lowest BCUT2D eigenvalue weighted by atomic mass is 10.1. The summed E-state index contributed by atoms with van der Waals surface area (Å²) < 4.78 is 13.1. The molecule has 0 atom stereocenters. The van der Waals surface area contributed by atoms with Crippen LogP contribution in [0.1, 0.15) is 51.9 Å². The predicted molar refractivity (Wildman–Crippen MR) is 192 cm³/mol. The number of carbonyl (C=O) groups is 2. The van der Waals surface area contributed by atoms with Crippen LogP contribution in [0, 0.1) is 0 Å². The number of anilines is 1. The smallest absolute Gasteiger partial charge is 0.355 e. The van der Waals surface area contributed by atoms with Crippen LogP contribution in [0.5, 0.6) is 5.75 Å². The van der Waals surface area contributed by atoms with E-state index in [0.717, 1.165) is 70.5 Å². The minimum Gasteiger partial charge on any atom is -0.493 e. The predicted octanol–water partition coefficient (Wildman–Crippen LogP) is 8.41. The molecule has 2 heterocycles. The summed E-state index contributed by atoms with van der Waals surface area (Å²) in [5, 5.41) is 22.0. The zero-order valence-corrected chi connectivity index (χ0v) is 28.9. The largest absolute Gasteiger partial charge is 0.493 e. The Morgan fingerprint density at radius 3 is 2.06 bits per heavy atom. The van der Waals surface area contributed by atoms with E-state index in [1.807, 2.05) is 79.7 Å². The average molecular weight is 765 g/mol. The SMILES string of the molecule is CCOC(=O)c1[nH]c2c(Br)cccc2c1CCCOc1cccc2cc(N)ccc12.O=C(O)c1[nH]c2c(Br)cccc2c1CCCO. The summed E-state index contributed by atoms with van der Waals surface area (Å²) in [6.07, 6.45) is 2.56. The van der Waals surface area contributed by atoms with Crippen molar-refractivity contribution in [3.8, 4) is 5.75 Å². The maximum atomic E-state index is 12.5. The molecular formula is C36H35Br2N3O6. The number of nitrogens with one attached hydrogen (secondary N) is 2. The molecule has 0 aliphatic heterocycles. The highest BCUT2D eigenvalue weighted by atomic mass is 79.9. The number of aryl methyl sites for hydroxylation is 2. The van der Waals surface area contributed by atoms with Gasteiger partial charge < -0.3 is 35.4 Å². The number of fused-ring (bicyclic) bond motifs is 3. The van der Waals surface area contributed by atoms with E-state index in [9.17, 15) is 9.59 Å². The molecule has 4 aromatic carbocycles. The third kappa shape index (κ3) is 7.64. The van der Waals surface area contributed by atoms with Crippen molar-refractivity contribution in [2.24, 2.45) is 0 Å². The molecule has 0 aliphatic carbocycles. The number of ether oxygens (including phenoxy) is 2. The summed E-state index contributed by atoms with van der Waals surface area (Å²) in [7, 11) is 0. The number of para-hydroxylation sites is 2. The number of carbonyl (C=O) groups excluding carboxylic acids is 1. The van der Waals surface area contributed by atoms with Crippen LogP contribution in [0.25, 0.3) is 32.6 Å². The lowest BCUT2D eigenvalue weighted by Crippen LogP contribution is -2.09. The molecular weight excluding hydrogens is 730 g/mol. The van der Waals surface area contributed by atoms with E-state index in [2.05, 4.69) is 41.8 Å². The molecule has 0 aliphatic rings. The maximum absolute atomic E-state index is 12.5. The Balaban J connectivity index is 0.000000216. The number of aliphatic hydroxyl groups excluding tert-OH is 1. The van der Waals surface area contributed by atoms with Crippen molar-refractivity contribution in [2.45, 2.75) is 32.6 Å². The van der Waals surface area contributed by atoms with Gasteiger partial charge >= 0.3 is 11.9 Å². The van der Waals surface area contributed by atoms with Gasteiger partial charge in [0.25, 0.3) is 0 Å². The lowest BCUT2D eigenvalue weighted by Gasteiger charge is -2.10. The number of halogens is 2. The molecule has 2 aromatic heterocycles. The topological polar surface area (TPSA) is 151 Å². The van der Waals surface area contributed by atoms with Gasteiger partial charge in [0.05, 0.1) is 24.2 Å². The monoisotopic (exact) mass is 763 g/mol. The summed E-state index contributed by atoms with van der Waals surface area (Å²) in [5.74, 6) is -0.469. The number of benzene rings is 4. The van der Waals surface area contributed by atoms with Crippen molar-refractivity contribution in [1.82, 2.24) is 9.97 Å². The molecule has 0 amide bonds. The van der Waals surface area contributed by atoms with Crippen LogP contribution in [-0.2, 0) is 17.6 Å². The summed E-state index contributed by atoms with van der Waals surface area (Å²) in [6.45, 7) is 2.73. The Morgan fingerprint density at radius 1 is 0.809 bits per heavy atom. The van der Waals surface area contributed by atoms with Gasteiger partial charge in [-0.2, -0.15) is 0 Å². The number of hydrogen-bond acceptors (Lipinski definition) is 6. The Labute approximate surface area is 288 Å². The third-order valence-electron chi connectivity index (χ3n) is 7.75. The van der Waals surface area contributed by atoms with Crippen LogP contribution in [0.15, 0.2) is 81.7 Å². The van der Waals surface area contributed by atoms with Crippen molar-refractivity contribution in [2.75, 3.05) is 25.6 Å². The van der Waals surface area contributed by atoms with Gasteiger partial charge in [-0.15, -0.1) is 0 Å². The van der Waals surface area contributed by atoms with Crippen LogP contribution < -0.4 is 10.5 Å². The quantitative estimate of drug-likeness (QED) is 0.0505. The first-order valence-corrected chi connectivity index (χ1v) is 16.8. The van der Waals surface area contributed by atoms with Crippen molar-refractivity contribution in [3.05, 3.63) is 104 Å². The van der Waals surface area contributed by atoms with Gasteiger partial charge in [-0.1, -0.05) is 36.4 Å². The number of esters is 1. The molecule has 9 nitrogen and oxygen atoms in total. The number of hydrogen-bond donors (Lipinski definition) is 5. The molecule has 47 heavy (non-hydrogen) atoms. The van der Waals surface area contributed by atoms with Crippen molar-refractivity contribution < 1.29 is 29.3 Å². The van der Waals surface area contributed by atoms with Gasteiger partial charge in [0.15, 0.2) is 0 Å². The third-order valence-corrected chi connectivity index (χ3v) is 9.07. The summed E-state index contributed by atoms with van der Waals surface area (Å²) in [6, 6.07) is 23.3. The van der Waals surface area contributed by atoms with E-state index >= 15 is 0 Å². The Morgan fingerprint density at radius 2 is 1.43 bits per heavy atom. The number of carboxylic acids is 1.